The van der Waals surface area contributed by atoms with Crippen LogP contribution in [0.2, 0.25) is 15.1 Å². The van der Waals surface area contributed by atoms with Crippen LogP contribution in [0, 0.1) is 3.57 Å². The third-order valence-corrected chi connectivity index (χ3v) is 4.01. The number of rotatable bonds is 2. The van der Waals surface area contributed by atoms with Gasteiger partial charge in [0.25, 0.3) is 0 Å². The number of nitrogens with two attached hydrogens (primary N) is 1. The van der Waals surface area contributed by atoms with Crippen LogP contribution in [0.1, 0.15) is 0 Å². The van der Waals surface area contributed by atoms with Gasteiger partial charge in [0.05, 0.1) is 32.1 Å². The smallest absolute Gasteiger partial charge is 0.0641 e. The van der Waals surface area contributed by atoms with E-state index in [1.54, 1.807) is 12.1 Å². The van der Waals surface area contributed by atoms with Crippen molar-refractivity contribution in [3.8, 4) is 0 Å². The van der Waals surface area contributed by atoms with E-state index in [2.05, 4.69) is 27.9 Å². The Hall–Kier alpha value is -0.360. The molecule has 2 nitrogen and oxygen atoms in total. The van der Waals surface area contributed by atoms with Gasteiger partial charge in [-0.3, -0.25) is 0 Å². The summed E-state index contributed by atoms with van der Waals surface area (Å²) in [4.78, 5) is 0. The molecule has 0 saturated carbocycles. The first-order valence-electron chi connectivity index (χ1n) is 4.94. The minimum atomic E-state index is 0.424. The van der Waals surface area contributed by atoms with Crippen molar-refractivity contribution < 1.29 is 0 Å². The summed E-state index contributed by atoms with van der Waals surface area (Å²) < 4.78 is 1.07. The highest BCUT2D eigenvalue weighted by molar-refractivity contribution is 14.1. The summed E-state index contributed by atoms with van der Waals surface area (Å²) in [6.07, 6.45) is 0. The standard InChI is InChI=1S/C12H8Cl3IN2/c13-7-2-1-6(16)3-11(7)18-12-5-9(15)8(14)4-10(12)17/h1-5,18H,17H2. The first-order chi connectivity index (χ1) is 8.47. The fraction of sp³-hybridized carbons (Fsp3) is 0. The summed E-state index contributed by atoms with van der Waals surface area (Å²) in [6, 6.07) is 8.94. The zero-order valence-corrected chi connectivity index (χ0v) is 13.4. The molecule has 2 aromatic rings. The molecule has 0 aliphatic rings. The molecule has 0 aliphatic carbocycles. The van der Waals surface area contributed by atoms with Crippen LogP contribution in [0.15, 0.2) is 30.3 Å². The number of benzene rings is 2. The molecule has 2 aromatic carbocycles. The zero-order valence-electron chi connectivity index (χ0n) is 8.98. The molecule has 0 spiro atoms. The minimum Gasteiger partial charge on any atom is -0.397 e. The second-order valence-electron chi connectivity index (χ2n) is 3.60. The molecule has 3 N–H and O–H groups in total. The van der Waals surface area contributed by atoms with E-state index in [1.165, 1.54) is 0 Å². The molecule has 0 heterocycles. The number of anilines is 3. The van der Waals surface area contributed by atoms with E-state index in [4.69, 9.17) is 40.5 Å². The molecule has 0 radical (unpaired) electrons. The van der Waals surface area contributed by atoms with Crippen LogP contribution in [-0.4, -0.2) is 0 Å². The monoisotopic (exact) mass is 412 g/mol. The summed E-state index contributed by atoms with van der Waals surface area (Å²) in [7, 11) is 0. The lowest BCUT2D eigenvalue weighted by molar-refractivity contribution is 1.53. The lowest BCUT2D eigenvalue weighted by Gasteiger charge is -2.12. The van der Waals surface area contributed by atoms with Gasteiger partial charge in [0.15, 0.2) is 0 Å². The quantitative estimate of drug-likeness (QED) is 0.498. The Morgan fingerprint density at radius 1 is 0.889 bits per heavy atom. The molecule has 2 rings (SSSR count). The third-order valence-electron chi connectivity index (χ3n) is 2.29. The average molecular weight is 413 g/mol. The van der Waals surface area contributed by atoms with Gasteiger partial charge in [-0.1, -0.05) is 34.8 Å². The van der Waals surface area contributed by atoms with Crippen molar-refractivity contribution in [2.24, 2.45) is 0 Å². The Morgan fingerprint density at radius 3 is 2.28 bits per heavy atom. The predicted octanol–water partition coefficient (Wildman–Crippen LogP) is 5.58. The molecule has 0 amide bonds. The Labute approximate surface area is 134 Å². The molecule has 6 heteroatoms. The molecule has 0 saturated heterocycles. The Bertz CT molecular complexity index is 602. The zero-order chi connectivity index (χ0) is 13.3. The molecular formula is C12H8Cl3IN2. The lowest BCUT2D eigenvalue weighted by Crippen LogP contribution is -1.97. The fourth-order valence-corrected chi connectivity index (χ4v) is 2.40. The molecule has 0 aliphatic heterocycles. The largest absolute Gasteiger partial charge is 0.397 e. The van der Waals surface area contributed by atoms with E-state index in [-0.39, 0.29) is 0 Å². The molecule has 0 atom stereocenters. The molecule has 0 unspecified atom stereocenters. The van der Waals surface area contributed by atoms with Crippen LogP contribution >= 0.6 is 57.4 Å². The second-order valence-corrected chi connectivity index (χ2v) is 6.07. The molecule has 18 heavy (non-hydrogen) atoms. The van der Waals surface area contributed by atoms with Crippen molar-refractivity contribution in [2.45, 2.75) is 0 Å². The van der Waals surface area contributed by atoms with E-state index in [9.17, 15) is 0 Å². The van der Waals surface area contributed by atoms with E-state index in [0.717, 1.165) is 9.26 Å². The van der Waals surface area contributed by atoms with Crippen LogP contribution < -0.4 is 11.1 Å². The summed E-state index contributed by atoms with van der Waals surface area (Å²) in [5, 5.41) is 4.62. The van der Waals surface area contributed by atoms with Gasteiger partial charge in [-0.15, -0.1) is 0 Å². The Balaban J connectivity index is 2.40. The highest BCUT2D eigenvalue weighted by Gasteiger charge is 2.07. The number of halogens is 4. The van der Waals surface area contributed by atoms with E-state index in [0.29, 0.717) is 26.4 Å². The van der Waals surface area contributed by atoms with Gasteiger partial charge in [0, 0.05) is 3.57 Å². The van der Waals surface area contributed by atoms with Crippen molar-refractivity contribution in [2.75, 3.05) is 11.1 Å². The molecule has 0 aromatic heterocycles. The van der Waals surface area contributed by atoms with Gasteiger partial charge in [0.1, 0.15) is 0 Å². The van der Waals surface area contributed by atoms with Gasteiger partial charge in [-0.2, -0.15) is 0 Å². The number of nitrogen functional groups attached to an aromatic ring is 1. The summed E-state index contributed by atoms with van der Waals surface area (Å²) in [5.74, 6) is 0. The summed E-state index contributed by atoms with van der Waals surface area (Å²) in [5.41, 5.74) is 7.84. The van der Waals surface area contributed by atoms with Crippen LogP contribution in [0.4, 0.5) is 17.1 Å². The number of hydrogen-bond donors (Lipinski definition) is 2. The van der Waals surface area contributed by atoms with E-state index in [1.807, 2.05) is 18.2 Å². The van der Waals surface area contributed by atoms with Crippen molar-refractivity contribution in [1.29, 1.82) is 0 Å². The minimum absolute atomic E-state index is 0.424. The van der Waals surface area contributed by atoms with Crippen molar-refractivity contribution in [1.82, 2.24) is 0 Å². The average Bonchev–Trinajstić information content (AvgIpc) is 2.30. The van der Waals surface area contributed by atoms with Gasteiger partial charge >= 0.3 is 0 Å². The van der Waals surface area contributed by atoms with Crippen LogP contribution in [0.25, 0.3) is 0 Å². The highest BCUT2D eigenvalue weighted by atomic mass is 127. The maximum Gasteiger partial charge on any atom is 0.0641 e. The van der Waals surface area contributed by atoms with Crippen molar-refractivity contribution in [3.63, 3.8) is 0 Å². The molecular weight excluding hydrogens is 405 g/mol. The maximum atomic E-state index is 6.10. The van der Waals surface area contributed by atoms with Gasteiger partial charge in [-0.05, 0) is 52.9 Å². The lowest BCUT2D eigenvalue weighted by atomic mass is 10.2. The van der Waals surface area contributed by atoms with Crippen molar-refractivity contribution in [3.05, 3.63) is 49.0 Å². The number of hydrogen-bond acceptors (Lipinski definition) is 2. The number of nitrogens with one attached hydrogen (secondary N) is 1. The normalized spacial score (nSPS) is 10.4. The fourth-order valence-electron chi connectivity index (χ4n) is 1.41. The maximum absolute atomic E-state index is 6.10. The Morgan fingerprint density at radius 2 is 1.56 bits per heavy atom. The third kappa shape index (κ3) is 3.15. The Kier molecular flexibility index (Phi) is 4.48. The predicted molar refractivity (Wildman–Crippen MR) is 88.3 cm³/mol. The van der Waals surface area contributed by atoms with Crippen LogP contribution in [0.3, 0.4) is 0 Å². The van der Waals surface area contributed by atoms with Crippen LogP contribution in [0.5, 0.6) is 0 Å². The van der Waals surface area contributed by atoms with Gasteiger partial charge < -0.3 is 11.1 Å². The topological polar surface area (TPSA) is 38.0 Å². The first-order valence-corrected chi connectivity index (χ1v) is 7.15. The molecule has 0 bridgehead atoms. The SMILES string of the molecule is Nc1cc(Cl)c(Cl)cc1Nc1cc(I)ccc1Cl. The highest BCUT2D eigenvalue weighted by Crippen LogP contribution is 2.34. The van der Waals surface area contributed by atoms with Gasteiger partial charge in [0.2, 0.25) is 0 Å². The molecule has 94 valence electrons. The second kappa shape index (κ2) is 5.74. The van der Waals surface area contributed by atoms with E-state index < -0.39 is 0 Å². The first kappa shape index (κ1) is 14.1. The molecule has 0 fully saturated rings. The van der Waals surface area contributed by atoms with E-state index >= 15 is 0 Å². The summed E-state index contributed by atoms with van der Waals surface area (Å²) >= 11 is 20.2. The van der Waals surface area contributed by atoms with Gasteiger partial charge in [-0.25, -0.2) is 0 Å². The summed E-state index contributed by atoms with van der Waals surface area (Å²) in [6.45, 7) is 0. The van der Waals surface area contributed by atoms with Crippen LogP contribution in [-0.2, 0) is 0 Å². The van der Waals surface area contributed by atoms with Crippen molar-refractivity contribution >= 4 is 74.5 Å².